The summed E-state index contributed by atoms with van der Waals surface area (Å²) in [6.07, 6.45) is 0. The number of amides is 1. The molecule has 1 N–H and O–H groups in total. The zero-order chi connectivity index (χ0) is 14.7. The van der Waals surface area contributed by atoms with Crippen molar-refractivity contribution >= 4 is 16.9 Å². The lowest BCUT2D eigenvalue weighted by atomic mass is 10.0. The van der Waals surface area contributed by atoms with Crippen molar-refractivity contribution in [1.82, 2.24) is 5.32 Å². The molecule has 106 valence electrons. The molecular formula is C18H17NO2. The molecule has 0 fully saturated rings. The van der Waals surface area contributed by atoms with E-state index in [9.17, 15) is 4.79 Å². The van der Waals surface area contributed by atoms with E-state index in [1.807, 2.05) is 42.5 Å². The van der Waals surface area contributed by atoms with E-state index in [0.29, 0.717) is 12.3 Å². The van der Waals surface area contributed by atoms with Crippen molar-refractivity contribution in [2.75, 3.05) is 6.54 Å². The molecule has 0 aliphatic heterocycles. The monoisotopic (exact) mass is 279 g/mol. The molecule has 21 heavy (non-hydrogen) atoms. The van der Waals surface area contributed by atoms with Gasteiger partial charge in [-0.1, -0.05) is 55.5 Å². The Kier molecular flexibility index (Phi) is 3.73. The van der Waals surface area contributed by atoms with Crippen LogP contribution in [0.4, 0.5) is 0 Å². The average Bonchev–Trinajstić information content (AvgIpc) is 2.97. The first-order chi connectivity index (χ1) is 10.2. The quantitative estimate of drug-likeness (QED) is 0.785. The van der Waals surface area contributed by atoms with Crippen LogP contribution in [-0.2, 0) is 0 Å². The minimum absolute atomic E-state index is 0.172. The van der Waals surface area contributed by atoms with E-state index >= 15 is 0 Å². The van der Waals surface area contributed by atoms with Crippen molar-refractivity contribution in [3.05, 3.63) is 72.0 Å². The summed E-state index contributed by atoms with van der Waals surface area (Å²) in [7, 11) is 0. The number of fused-ring (bicyclic) bond motifs is 1. The minimum atomic E-state index is -0.172. The predicted molar refractivity (Wildman–Crippen MR) is 83.4 cm³/mol. The fourth-order valence-electron chi connectivity index (χ4n) is 2.33. The number of carbonyl (C=O) groups is 1. The Labute approximate surface area is 123 Å². The van der Waals surface area contributed by atoms with Gasteiger partial charge < -0.3 is 9.73 Å². The van der Waals surface area contributed by atoms with Gasteiger partial charge in [0.15, 0.2) is 5.76 Å². The van der Waals surface area contributed by atoms with Crippen molar-refractivity contribution in [3.63, 3.8) is 0 Å². The van der Waals surface area contributed by atoms with Crippen LogP contribution in [-0.4, -0.2) is 12.5 Å². The van der Waals surface area contributed by atoms with E-state index < -0.39 is 0 Å². The SMILES string of the molecule is C[C@H](CNC(=O)c1cc2ccccc2o1)c1ccccc1. The van der Waals surface area contributed by atoms with E-state index in [0.717, 1.165) is 11.0 Å². The summed E-state index contributed by atoms with van der Waals surface area (Å²) in [5, 5.41) is 3.87. The molecule has 0 saturated carbocycles. The van der Waals surface area contributed by atoms with Crippen LogP contribution in [0.1, 0.15) is 29.0 Å². The van der Waals surface area contributed by atoms with E-state index in [1.165, 1.54) is 5.56 Å². The van der Waals surface area contributed by atoms with Gasteiger partial charge in [0.2, 0.25) is 0 Å². The Bertz CT molecular complexity index is 713. The summed E-state index contributed by atoms with van der Waals surface area (Å²) >= 11 is 0. The summed E-state index contributed by atoms with van der Waals surface area (Å²) in [6, 6.07) is 19.5. The highest BCUT2D eigenvalue weighted by atomic mass is 16.3. The van der Waals surface area contributed by atoms with Gasteiger partial charge in [0.25, 0.3) is 5.91 Å². The standard InChI is InChI=1S/C18H17NO2/c1-13(14-7-3-2-4-8-14)12-19-18(20)17-11-15-9-5-6-10-16(15)21-17/h2-11,13H,12H2,1H3,(H,19,20)/t13-/m1/s1. The predicted octanol–water partition coefficient (Wildman–Crippen LogP) is 3.97. The van der Waals surface area contributed by atoms with Crippen molar-refractivity contribution in [2.45, 2.75) is 12.8 Å². The highest BCUT2D eigenvalue weighted by Gasteiger charge is 2.13. The summed E-state index contributed by atoms with van der Waals surface area (Å²) in [5.74, 6) is 0.449. The molecular weight excluding hydrogens is 262 g/mol. The molecule has 3 heteroatoms. The van der Waals surface area contributed by atoms with Gasteiger partial charge in [0.05, 0.1) is 0 Å². The van der Waals surface area contributed by atoms with Crippen LogP contribution in [0.2, 0.25) is 0 Å². The lowest BCUT2D eigenvalue weighted by molar-refractivity contribution is 0.0926. The third-order valence-electron chi connectivity index (χ3n) is 3.59. The molecule has 0 aliphatic carbocycles. The third kappa shape index (κ3) is 2.97. The van der Waals surface area contributed by atoms with Gasteiger partial charge in [-0.15, -0.1) is 0 Å². The number of hydrogen-bond donors (Lipinski definition) is 1. The maximum Gasteiger partial charge on any atom is 0.287 e. The number of furan rings is 1. The molecule has 0 bridgehead atoms. The second-order valence-corrected chi connectivity index (χ2v) is 5.17. The summed E-state index contributed by atoms with van der Waals surface area (Å²) in [5.41, 5.74) is 1.95. The number of carbonyl (C=O) groups excluding carboxylic acids is 1. The van der Waals surface area contributed by atoms with E-state index in [-0.39, 0.29) is 11.8 Å². The second-order valence-electron chi connectivity index (χ2n) is 5.17. The summed E-state index contributed by atoms with van der Waals surface area (Å²) in [4.78, 5) is 12.1. The summed E-state index contributed by atoms with van der Waals surface area (Å²) < 4.78 is 5.56. The summed E-state index contributed by atoms with van der Waals surface area (Å²) in [6.45, 7) is 2.67. The fourth-order valence-corrected chi connectivity index (χ4v) is 2.33. The smallest absolute Gasteiger partial charge is 0.287 e. The number of benzene rings is 2. The van der Waals surface area contributed by atoms with E-state index in [1.54, 1.807) is 6.07 Å². The van der Waals surface area contributed by atoms with Gasteiger partial charge in [0.1, 0.15) is 5.58 Å². The first-order valence-corrected chi connectivity index (χ1v) is 7.06. The van der Waals surface area contributed by atoms with Gasteiger partial charge in [0, 0.05) is 11.9 Å². The van der Waals surface area contributed by atoms with Crippen LogP contribution in [0, 0.1) is 0 Å². The second kappa shape index (κ2) is 5.83. The first-order valence-electron chi connectivity index (χ1n) is 7.06. The molecule has 0 saturated heterocycles. The Morgan fingerprint density at radius 2 is 1.81 bits per heavy atom. The number of para-hydroxylation sites is 1. The normalized spacial score (nSPS) is 12.2. The van der Waals surface area contributed by atoms with Crippen molar-refractivity contribution < 1.29 is 9.21 Å². The lowest BCUT2D eigenvalue weighted by Crippen LogP contribution is -2.27. The molecule has 3 rings (SSSR count). The van der Waals surface area contributed by atoms with Crippen LogP contribution in [0.15, 0.2) is 65.1 Å². The molecule has 1 heterocycles. The molecule has 1 amide bonds. The lowest BCUT2D eigenvalue weighted by Gasteiger charge is -2.12. The Hall–Kier alpha value is -2.55. The molecule has 1 aromatic heterocycles. The highest BCUT2D eigenvalue weighted by Crippen LogP contribution is 2.19. The Balaban J connectivity index is 1.66. The van der Waals surface area contributed by atoms with Gasteiger partial charge in [-0.25, -0.2) is 0 Å². The molecule has 0 radical (unpaired) electrons. The minimum Gasteiger partial charge on any atom is -0.451 e. The van der Waals surface area contributed by atoms with Crippen LogP contribution in [0.25, 0.3) is 11.0 Å². The zero-order valence-electron chi connectivity index (χ0n) is 11.9. The Morgan fingerprint density at radius 3 is 2.57 bits per heavy atom. The number of rotatable bonds is 4. The molecule has 1 atom stereocenters. The third-order valence-corrected chi connectivity index (χ3v) is 3.59. The zero-order valence-corrected chi connectivity index (χ0v) is 11.9. The molecule has 0 unspecified atom stereocenters. The maximum absolute atomic E-state index is 12.1. The van der Waals surface area contributed by atoms with E-state index in [2.05, 4.69) is 24.4 Å². The fraction of sp³-hybridized carbons (Fsp3) is 0.167. The van der Waals surface area contributed by atoms with Crippen LogP contribution in [0.5, 0.6) is 0 Å². The molecule has 3 nitrogen and oxygen atoms in total. The number of hydrogen-bond acceptors (Lipinski definition) is 2. The van der Waals surface area contributed by atoms with Gasteiger partial charge in [-0.3, -0.25) is 4.79 Å². The van der Waals surface area contributed by atoms with Crippen molar-refractivity contribution in [2.24, 2.45) is 0 Å². The topological polar surface area (TPSA) is 42.2 Å². The highest BCUT2D eigenvalue weighted by molar-refractivity contribution is 5.96. The van der Waals surface area contributed by atoms with Gasteiger partial charge >= 0.3 is 0 Å². The van der Waals surface area contributed by atoms with Crippen LogP contribution in [0.3, 0.4) is 0 Å². The Morgan fingerprint density at radius 1 is 1.10 bits per heavy atom. The van der Waals surface area contributed by atoms with Crippen molar-refractivity contribution in [1.29, 1.82) is 0 Å². The molecule has 3 aromatic rings. The molecule has 0 aliphatic rings. The average molecular weight is 279 g/mol. The van der Waals surface area contributed by atoms with Crippen LogP contribution < -0.4 is 5.32 Å². The first kappa shape index (κ1) is 13.4. The van der Waals surface area contributed by atoms with E-state index in [4.69, 9.17) is 4.42 Å². The van der Waals surface area contributed by atoms with Crippen molar-refractivity contribution in [3.8, 4) is 0 Å². The van der Waals surface area contributed by atoms with Gasteiger partial charge in [-0.2, -0.15) is 0 Å². The van der Waals surface area contributed by atoms with Crippen LogP contribution >= 0.6 is 0 Å². The molecule has 0 spiro atoms. The maximum atomic E-state index is 12.1. The van der Waals surface area contributed by atoms with Gasteiger partial charge in [-0.05, 0) is 23.6 Å². The molecule has 2 aromatic carbocycles. The largest absolute Gasteiger partial charge is 0.451 e. The number of nitrogens with one attached hydrogen (secondary N) is 1.